The molecule has 154 valence electrons. The third kappa shape index (κ3) is 4.02. The first-order chi connectivity index (χ1) is 14.1. The number of fused-ring (bicyclic) bond motifs is 3. The van der Waals surface area contributed by atoms with Gasteiger partial charge in [0.15, 0.2) is 0 Å². The van der Waals surface area contributed by atoms with Crippen molar-refractivity contribution in [1.29, 1.82) is 0 Å². The highest BCUT2D eigenvalue weighted by atomic mass is 35.5. The predicted octanol–water partition coefficient (Wildman–Crippen LogP) is 7.58. The SMILES string of the molecule is Clc1cc(Cl)c(-c2cc(SC3CCCCC3)c3c(c2)C2CNCCC2O3)c(Cl)c1. The van der Waals surface area contributed by atoms with Crippen LogP contribution < -0.4 is 10.1 Å². The molecular formula is C23H24Cl3NOS. The van der Waals surface area contributed by atoms with Gasteiger partial charge >= 0.3 is 0 Å². The van der Waals surface area contributed by atoms with Crippen LogP contribution in [0.2, 0.25) is 15.1 Å². The molecule has 2 unspecified atom stereocenters. The summed E-state index contributed by atoms with van der Waals surface area (Å²) in [7, 11) is 0. The number of piperidine rings is 1. The lowest BCUT2D eigenvalue weighted by molar-refractivity contribution is 0.169. The Kier molecular flexibility index (Phi) is 5.97. The van der Waals surface area contributed by atoms with Gasteiger partial charge in [-0.2, -0.15) is 0 Å². The number of halogens is 3. The van der Waals surface area contributed by atoms with Gasteiger partial charge in [0.1, 0.15) is 11.9 Å². The van der Waals surface area contributed by atoms with Gasteiger partial charge in [0, 0.05) is 33.9 Å². The van der Waals surface area contributed by atoms with Crippen LogP contribution in [-0.4, -0.2) is 24.4 Å². The maximum Gasteiger partial charge on any atom is 0.137 e. The fraction of sp³-hybridized carbons (Fsp3) is 0.478. The van der Waals surface area contributed by atoms with Gasteiger partial charge in [0.2, 0.25) is 0 Å². The standard InChI is InChI=1S/C23H24Cl3NOS/c24-14-10-18(25)22(19(26)11-14)13-8-16-17-12-27-7-6-20(17)28-23(16)21(9-13)29-15-4-2-1-3-5-15/h8-11,15,17,20,27H,1-7,12H2. The lowest BCUT2D eigenvalue weighted by Gasteiger charge is -2.25. The van der Waals surface area contributed by atoms with Crippen molar-refractivity contribution in [1.82, 2.24) is 5.32 Å². The highest BCUT2D eigenvalue weighted by molar-refractivity contribution is 8.00. The van der Waals surface area contributed by atoms with Gasteiger partial charge in [-0.25, -0.2) is 0 Å². The van der Waals surface area contributed by atoms with E-state index in [0.29, 0.717) is 26.2 Å². The lowest BCUT2D eigenvalue weighted by Crippen LogP contribution is -2.37. The second kappa shape index (κ2) is 8.51. The topological polar surface area (TPSA) is 21.3 Å². The molecule has 0 radical (unpaired) electrons. The van der Waals surface area contributed by atoms with E-state index in [1.165, 1.54) is 42.6 Å². The molecule has 0 aromatic heterocycles. The van der Waals surface area contributed by atoms with E-state index in [2.05, 4.69) is 17.4 Å². The van der Waals surface area contributed by atoms with E-state index in [1.54, 1.807) is 12.1 Å². The Morgan fingerprint density at radius 3 is 2.45 bits per heavy atom. The van der Waals surface area contributed by atoms with Crippen LogP contribution in [-0.2, 0) is 0 Å². The van der Waals surface area contributed by atoms with Crippen molar-refractivity contribution in [3.8, 4) is 16.9 Å². The maximum atomic E-state index is 6.58. The Balaban J connectivity index is 1.60. The quantitative estimate of drug-likeness (QED) is 0.501. The van der Waals surface area contributed by atoms with Gasteiger partial charge in [0.25, 0.3) is 0 Å². The van der Waals surface area contributed by atoms with Crippen molar-refractivity contribution in [2.45, 2.75) is 60.7 Å². The second-order valence-corrected chi connectivity index (χ2v) is 10.9. The molecule has 2 heterocycles. The van der Waals surface area contributed by atoms with Gasteiger partial charge in [0.05, 0.1) is 14.9 Å². The summed E-state index contributed by atoms with van der Waals surface area (Å²) in [6, 6.07) is 8.00. The maximum absolute atomic E-state index is 6.58. The number of hydrogen-bond acceptors (Lipinski definition) is 3. The molecule has 2 aliphatic heterocycles. The van der Waals surface area contributed by atoms with Crippen LogP contribution in [0.15, 0.2) is 29.2 Å². The number of thioether (sulfide) groups is 1. The lowest BCUT2D eigenvalue weighted by atomic mass is 9.89. The highest BCUT2D eigenvalue weighted by Crippen LogP contribution is 2.51. The van der Waals surface area contributed by atoms with Crippen molar-refractivity contribution >= 4 is 46.6 Å². The summed E-state index contributed by atoms with van der Waals surface area (Å²) >= 11 is 21.3. The molecule has 2 fully saturated rings. The molecule has 2 atom stereocenters. The first-order valence-electron chi connectivity index (χ1n) is 10.5. The molecule has 2 aromatic rings. The molecule has 1 saturated carbocycles. The Bertz CT molecular complexity index is 906. The zero-order valence-corrected chi connectivity index (χ0v) is 19.2. The Labute approximate surface area is 191 Å². The van der Waals surface area contributed by atoms with Gasteiger partial charge in [-0.15, -0.1) is 11.8 Å². The van der Waals surface area contributed by atoms with E-state index >= 15 is 0 Å². The molecule has 1 saturated heterocycles. The number of benzene rings is 2. The summed E-state index contributed by atoms with van der Waals surface area (Å²) in [6.45, 7) is 1.97. The summed E-state index contributed by atoms with van der Waals surface area (Å²) < 4.78 is 6.51. The van der Waals surface area contributed by atoms with Crippen LogP contribution in [0.1, 0.15) is 50.0 Å². The largest absolute Gasteiger partial charge is 0.488 e. The van der Waals surface area contributed by atoms with Crippen molar-refractivity contribution in [2.24, 2.45) is 0 Å². The van der Waals surface area contributed by atoms with Crippen molar-refractivity contribution in [2.75, 3.05) is 13.1 Å². The van der Waals surface area contributed by atoms with E-state index in [0.717, 1.165) is 36.4 Å². The molecule has 5 rings (SSSR count). The minimum absolute atomic E-state index is 0.267. The van der Waals surface area contributed by atoms with E-state index in [9.17, 15) is 0 Å². The molecule has 3 aliphatic rings. The summed E-state index contributed by atoms with van der Waals surface area (Å²) in [6.07, 6.45) is 7.88. The molecule has 2 nitrogen and oxygen atoms in total. The molecule has 0 spiro atoms. The van der Waals surface area contributed by atoms with Crippen LogP contribution in [0.4, 0.5) is 0 Å². The van der Waals surface area contributed by atoms with E-state index in [4.69, 9.17) is 39.5 Å². The van der Waals surface area contributed by atoms with Crippen LogP contribution in [0.5, 0.6) is 5.75 Å². The molecule has 29 heavy (non-hydrogen) atoms. The molecule has 0 bridgehead atoms. The Morgan fingerprint density at radius 2 is 1.69 bits per heavy atom. The van der Waals surface area contributed by atoms with Gasteiger partial charge in [-0.05, 0) is 55.6 Å². The highest BCUT2D eigenvalue weighted by Gasteiger charge is 2.38. The zero-order chi connectivity index (χ0) is 20.0. The van der Waals surface area contributed by atoms with Gasteiger partial charge < -0.3 is 10.1 Å². The average Bonchev–Trinajstić information content (AvgIpc) is 3.07. The monoisotopic (exact) mass is 467 g/mol. The third-order valence-corrected chi connectivity index (χ3v) is 8.49. The van der Waals surface area contributed by atoms with Crippen LogP contribution >= 0.6 is 46.6 Å². The van der Waals surface area contributed by atoms with E-state index < -0.39 is 0 Å². The van der Waals surface area contributed by atoms with Crippen molar-refractivity contribution in [3.63, 3.8) is 0 Å². The van der Waals surface area contributed by atoms with E-state index in [-0.39, 0.29) is 6.10 Å². The first-order valence-corrected chi connectivity index (χ1v) is 12.5. The molecule has 6 heteroatoms. The summed E-state index contributed by atoms with van der Waals surface area (Å²) in [4.78, 5) is 1.24. The first kappa shape index (κ1) is 20.3. The Hall–Kier alpha value is -0.580. The summed E-state index contributed by atoms with van der Waals surface area (Å²) in [5, 5.41) is 5.93. The fourth-order valence-electron chi connectivity index (χ4n) is 4.87. The normalized spacial score (nSPS) is 24.1. The van der Waals surface area contributed by atoms with Gasteiger partial charge in [-0.1, -0.05) is 54.1 Å². The molecule has 0 amide bonds. The summed E-state index contributed by atoms with van der Waals surface area (Å²) in [5.74, 6) is 1.47. The number of nitrogens with one attached hydrogen (secondary N) is 1. The van der Waals surface area contributed by atoms with Crippen LogP contribution in [0, 0.1) is 0 Å². The third-order valence-electron chi connectivity index (χ3n) is 6.31. The van der Waals surface area contributed by atoms with Crippen molar-refractivity contribution < 1.29 is 4.74 Å². The Morgan fingerprint density at radius 1 is 0.931 bits per heavy atom. The molecular weight excluding hydrogens is 445 g/mol. The average molecular weight is 469 g/mol. The predicted molar refractivity (Wildman–Crippen MR) is 124 cm³/mol. The van der Waals surface area contributed by atoms with Crippen molar-refractivity contribution in [3.05, 3.63) is 44.9 Å². The second-order valence-electron chi connectivity index (χ2n) is 8.27. The van der Waals surface area contributed by atoms with Gasteiger partial charge in [-0.3, -0.25) is 0 Å². The smallest absolute Gasteiger partial charge is 0.137 e. The van der Waals surface area contributed by atoms with Crippen LogP contribution in [0.25, 0.3) is 11.1 Å². The summed E-state index contributed by atoms with van der Waals surface area (Å²) in [5.41, 5.74) is 3.21. The number of ether oxygens (including phenoxy) is 1. The van der Waals surface area contributed by atoms with Crippen LogP contribution in [0.3, 0.4) is 0 Å². The van der Waals surface area contributed by atoms with E-state index in [1.807, 2.05) is 11.8 Å². The minimum Gasteiger partial charge on any atom is -0.488 e. The minimum atomic E-state index is 0.267. The molecule has 1 aliphatic carbocycles. The molecule has 1 N–H and O–H groups in total. The zero-order valence-electron chi connectivity index (χ0n) is 16.1. The fourth-order valence-corrected chi connectivity index (χ4v) is 7.31. The molecule has 2 aromatic carbocycles. The number of rotatable bonds is 3. The number of hydrogen-bond donors (Lipinski definition) is 1.